The van der Waals surface area contributed by atoms with Crippen LogP contribution >= 0.6 is 0 Å². The molecular formula is C19H23N5O. The van der Waals surface area contributed by atoms with Crippen molar-refractivity contribution in [1.82, 2.24) is 24.9 Å². The molecule has 0 bridgehead atoms. The first-order valence-electron chi connectivity index (χ1n) is 8.63. The summed E-state index contributed by atoms with van der Waals surface area (Å²) in [7, 11) is 3.90. The molecule has 1 unspecified atom stereocenters. The molecule has 1 aliphatic heterocycles. The Morgan fingerprint density at radius 1 is 1.24 bits per heavy atom. The predicted molar refractivity (Wildman–Crippen MR) is 96.2 cm³/mol. The van der Waals surface area contributed by atoms with Crippen molar-refractivity contribution in [3.63, 3.8) is 0 Å². The minimum atomic E-state index is 0.492. The Labute approximate surface area is 147 Å². The summed E-state index contributed by atoms with van der Waals surface area (Å²) in [6.45, 7) is 2.48. The standard InChI is InChI=1S/C19H23N5O/c1-23-12-16(19(22-23)17-7-8-21-24(17)2)11-20-10-14-9-15-5-3-4-6-18(15)25-13-14/h3-8,12,14,20H,9-11,13H2,1-2H3. The molecule has 0 fully saturated rings. The van der Waals surface area contributed by atoms with Crippen LogP contribution in [0.5, 0.6) is 5.75 Å². The van der Waals surface area contributed by atoms with Crippen LogP contribution in [0.4, 0.5) is 0 Å². The fourth-order valence-electron chi connectivity index (χ4n) is 3.42. The lowest BCUT2D eigenvalue weighted by molar-refractivity contribution is 0.218. The molecule has 1 aromatic carbocycles. The van der Waals surface area contributed by atoms with E-state index in [1.807, 2.05) is 35.6 Å². The van der Waals surface area contributed by atoms with Crippen LogP contribution in [0.3, 0.4) is 0 Å². The smallest absolute Gasteiger partial charge is 0.122 e. The van der Waals surface area contributed by atoms with E-state index in [4.69, 9.17) is 4.74 Å². The number of nitrogens with zero attached hydrogens (tertiary/aromatic N) is 4. The molecule has 3 aromatic rings. The van der Waals surface area contributed by atoms with Crippen molar-refractivity contribution in [2.24, 2.45) is 20.0 Å². The molecule has 0 radical (unpaired) electrons. The zero-order chi connectivity index (χ0) is 17.2. The van der Waals surface area contributed by atoms with Gasteiger partial charge in [-0.25, -0.2) is 0 Å². The van der Waals surface area contributed by atoms with Crippen LogP contribution in [-0.2, 0) is 27.1 Å². The van der Waals surface area contributed by atoms with Gasteiger partial charge in [0.25, 0.3) is 0 Å². The fourth-order valence-corrected chi connectivity index (χ4v) is 3.42. The van der Waals surface area contributed by atoms with Crippen LogP contribution in [0, 0.1) is 5.92 Å². The highest BCUT2D eigenvalue weighted by Crippen LogP contribution is 2.26. The van der Waals surface area contributed by atoms with Crippen LogP contribution in [0.1, 0.15) is 11.1 Å². The normalized spacial score (nSPS) is 16.5. The third-order valence-corrected chi connectivity index (χ3v) is 4.67. The zero-order valence-corrected chi connectivity index (χ0v) is 14.6. The van der Waals surface area contributed by atoms with E-state index in [-0.39, 0.29) is 0 Å². The summed E-state index contributed by atoms with van der Waals surface area (Å²) in [5.74, 6) is 1.52. The Balaban J connectivity index is 1.39. The van der Waals surface area contributed by atoms with Gasteiger partial charge in [0.2, 0.25) is 0 Å². The number of aromatic nitrogens is 4. The molecule has 6 heteroatoms. The molecule has 1 N–H and O–H groups in total. The topological polar surface area (TPSA) is 56.9 Å². The Bertz CT molecular complexity index is 866. The van der Waals surface area contributed by atoms with Crippen LogP contribution in [-0.4, -0.2) is 32.7 Å². The highest BCUT2D eigenvalue weighted by atomic mass is 16.5. The summed E-state index contributed by atoms with van der Waals surface area (Å²) in [4.78, 5) is 0. The van der Waals surface area contributed by atoms with Crippen molar-refractivity contribution in [2.45, 2.75) is 13.0 Å². The lowest BCUT2D eigenvalue weighted by Crippen LogP contribution is -2.31. The second-order valence-electron chi connectivity index (χ2n) is 6.64. The van der Waals surface area contributed by atoms with Crippen molar-refractivity contribution in [1.29, 1.82) is 0 Å². The molecule has 2 aromatic heterocycles. The molecule has 4 rings (SSSR count). The number of benzene rings is 1. The van der Waals surface area contributed by atoms with E-state index >= 15 is 0 Å². The van der Waals surface area contributed by atoms with Gasteiger partial charge in [-0.15, -0.1) is 0 Å². The van der Waals surface area contributed by atoms with Crippen LogP contribution in [0.2, 0.25) is 0 Å². The van der Waals surface area contributed by atoms with E-state index in [1.165, 1.54) is 11.1 Å². The monoisotopic (exact) mass is 337 g/mol. The molecule has 3 heterocycles. The van der Waals surface area contributed by atoms with Gasteiger partial charge in [0.05, 0.1) is 12.3 Å². The third kappa shape index (κ3) is 3.30. The summed E-state index contributed by atoms with van der Waals surface area (Å²) >= 11 is 0. The van der Waals surface area contributed by atoms with Crippen molar-refractivity contribution < 1.29 is 4.74 Å². The number of fused-ring (bicyclic) bond motifs is 1. The second kappa shape index (κ2) is 6.72. The van der Waals surface area contributed by atoms with E-state index in [0.717, 1.165) is 43.3 Å². The number of hydrogen-bond donors (Lipinski definition) is 1. The number of para-hydroxylation sites is 1. The molecule has 0 aliphatic carbocycles. The number of nitrogens with one attached hydrogen (secondary N) is 1. The SMILES string of the molecule is Cn1cc(CNCC2COc3ccccc3C2)c(-c2ccnn2C)n1. The molecule has 0 saturated carbocycles. The van der Waals surface area contributed by atoms with Gasteiger partial charge in [-0.05, 0) is 24.1 Å². The Hall–Kier alpha value is -2.60. The number of ether oxygens (including phenoxy) is 1. The first-order valence-corrected chi connectivity index (χ1v) is 8.63. The largest absolute Gasteiger partial charge is 0.493 e. The quantitative estimate of drug-likeness (QED) is 0.775. The number of aryl methyl sites for hydroxylation is 2. The van der Waals surface area contributed by atoms with Crippen molar-refractivity contribution in [3.8, 4) is 17.1 Å². The van der Waals surface area contributed by atoms with Gasteiger partial charge in [-0.3, -0.25) is 9.36 Å². The summed E-state index contributed by atoms with van der Waals surface area (Å²) < 4.78 is 9.59. The van der Waals surface area contributed by atoms with Gasteiger partial charge in [0.1, 0.15) is 11.4 Å². The van der Waals surface area contributed by atoms with Crippen molar-refractivity contribution in [2.75, 3.05) is 13.2 Å². The molecule has 25 heavy (non-hydrogen) atoms. The maximum atomic E-state index is 5.87. The van der Waals surface area contributed by atoms with Gasteiger partial charge in [0.15, 0.2) is 0 Å². The fraction of sp³-hybridized carbons (Fsp3) is 0.368. The maximum Gasteiger partial charge on any atom is 0.122 e. The highest BCUT2D eigenvalue weighted by molar-refractivity contribution is 5.58. The lowest BCUT2D eigenvalue weighted by atomic mass is 9.97. The molecule has 6 nitrogen and oxygen atoms in total. The van der Waals surface area contributed by atoms with Crippen molar-refractivity contribution in [3.05, 3.63) is 53.9 Å². The Morgan fingerprint density at radius 2 is 2.12 bits per heavy atom. The van der Waals surface area contributed by atoms with Gasteiger partial charge < -0.3 is 10.1 Å². The van der Waals surface area contributed by atoms with Crippen LogP contribution in [0.15, 0.2) is 42.7 Å². The molecule has 1 aliphatic rings. The summed E-state index contributed by atoms with van der Waals surface area (Å²) in [5, 5.41) is 12.4. The minimum absolute atomic E-state index is 0.492. The van der Waals surface area contributed by atoms with E-state index < -0.39 is 0 Å². The molecule has 0 spiro atoms. The molecular weight excluding hydrogens is 314 g/mol. The van der Waals surface area contributed by atoms with E-state index in [1.54, 1.807) is 6.20 Å². The Morgan fingerprint density at radius 3 is 2.96 bits per heavy atom. The average Bonchev–Trinajstić information content (AvgIpc) is 3.20. The first-order chi connectivity index (χ1) is 12.2. The first kappa shape index (κ1) is 15.9. The minimum Gasteiger partial charge on any atom is -0.493 e. The van der Waals surface area contributed by atoms with Crippen LogP contribution < -0.4 is 10.1 Å². The van der Waals surface area contributed by atoms with Crippen LogP contribution in [0.25, 0.3) is 11.4 Å². The average molecular weight is 337 g/mol. The third-order valence-electron chi connectivity index (χ3n) is 4.67. The van der Waals surface area contributed by atoms with E-state index in [2.05, 4.69) is 39.9 Å². The summed E-state index contributed by atoms with van der Waals surface area (Å²) in [6, 6.07) is 10.3. The predicted octanol–water partition coefficient (Wildman–Crippen LogP) is 2.16. The molecule has 0 amide bonds. The highest BCUT2D eigenvalue weighted by Gasteiger charge is 2.19. The number of rotatable bonds is 5. The lowest BCUT2D eigenvalue weighted by Gasteiger charge is -2.25. The van der Waals surface area contributed by atoms with Gasteiger partial charge >= 0.3 is 0 Å². The second-order valence-corrected chi connectivity index (χ2v) is 6.64. The Kier molecular flexibility index (Phi) is 4.28. The van der Waals surface area contributed by atoms with Gasteiger partial charge in [-0.2, -0.15) is 10.2 Å². The van der Waals surface area contributed by atoms with Gasteiger partial charge in [0, 0.05) is 51.1 Å². The van der Waals surface area contributed by atoms with E-state index in [0.29, 0.717) is 5.92 Å². The molecule has 1 atom stereocenters. The van der Waals surface area contributed by atoms with Gasteiger partial charge in [-0.1, -0.05) is 18.2 Å². The summed E-state index contributed by atoms with van der Waals surface area (Å²) in [5.41, 5.74) is 4.51. The molecule has 0 saturated heterocycles. The van der Waals surface area contributed by atoms with E-state index in [9.17, 15) is 0 Å². The summed E-state index contributed by atoms with van der Waals surface area (Å²) in [6.07, 6.45) is 4.94. The maximum absolute atomic E-state index is 5.87. The van der Waals surface area contributed by atoms with Crippen molar-refractivity contribution >= 4 is 0 Å². The molecule has 130 valence electrons. The zero-order valence-electron chi connectivity index (χ0n) is 14.6. The number of hydrogen-bond acceptors (Lipinski definition) is 4.